The SMILES string of the molecule is CN=C(N)NC(=O)CSc1nc(-c2ncccn2)nc(NS(=O)(=O)c2ccc(C(C)C)s2)c1Oc1ccccc1OC. The van der Waals surface area contributed by atoms with Gasteiger partial charge in [-0.15, -0.1) is 11.3 Å². The van der Waals surface area contributed by atoms with E-state index in [0.717, 1.165) is 28.0 Å². The highest BCUT2D eigenvalue weighted by molar-refractivity contribution is 8.00. The summed E-state index contributed by atoms with van der Waals surface area (Å²) in [6.45, 7) is 3.95. The number of nitrogens with two attached hydrogens (primary N) is 1. The molecule has 0 aliphatic heterocycles. The average Bonchev–Trinajstić information content (AvgIpc) is 3.50. The predicted octanol–water partition coefficient (Wildman–Crippen LogP) is 3.87. The largest absolute Gasteiger partial charge is 0.493 e. The van der Waals surface area contributed by atoms with Gasteiger partial charge in [-0.1, -0.05) is 37.7 Å². The van der Waals surface area contributed by atoms with Crippen LogP contribution in [0.4, 0.5) is 5.82 Å². The second-order valence-corrected chi connectivity index (χ2v) is 12.7. The molecule has 1 aromatic carbocycles. The molecule has 0 saturated carbocycles. The summed E-state index contributed by atoms with van der Waals surface area (Å²) in [6, 6.07) is 11.7. The van der Waals surface area contributed by atoms with Crippen LogP contribution in [0.2, 0.25) is 0 Å². The van der Waals surface area contributed by atoms with Gasteiger partial charge >= 0.3 is 0 Å². The first-order chi connectivity index (χ1) is 20.1. The van der Waals surface area contributed by atoms with Crippen molar-refractivity contribution in [2.24, 2.45) is 10.7 Å². The summed E-state index contributed by atoms with van der Waals surface area (Å²) in [6.07, 6.45) is 3.00. The molecule has 0 atom stereocenters. The quantitative estimate of drug-likeness (QED) is 0.0948. The van der Waals surface area contributed by atoms with Gasteiger partial charge in [0, 0.05) is 24.3 Å². The first kappa shape index (κ1) is 30.7. The number of sulfonamides is 1. The minimum absolute atomic E-state index is 0.00673. The van der Waals surface area contributed by atoms with Crippen molar-refractivity contribution < 1.29 is 22.7 Å². The summed E-state index contributed by atoms with van der Waals surface area (Å²) in [5, 5.41) is 2.58. The summed E-state index contributed by atoms with van der Waals surface area (Å²) in [5.41, 5.74) is 5.63. The molecule has 0 bridgehead atoms. The molecule has 220 valence electrons. The van der Waals surface area contributed by atoms with Crippen LogP contribution in [-0.4, -0.2) is 60.1 Å². The van der Waals surface area contributed by atoms with Crippen LogP contribution in [0.25, 0.3) is 11.6 Å². The maximum absolute atomic E-state index is 13.6. The number of nitrogens with one attached hydrogen (secondary N) is 2. The van der Waals surface area contributed by atoms with Crippen molar-refractivity contribution in [1.82, 2.24) is 25.3 Å². The van der Waals surface area contributed by atoms with E-state index in [0.29, 0.717) is 5.75 Å². The van der Waals surface area contributed by atoms with Crippen LogP contribution < -0.4 is 25.2 Å². The highest BCUT2D eigenvalue weighted by atomic mass is 32.2. The Hall–Kier alpha value is -4.28. The number of methoxy groups -OCH3 is 1. The number of ether oxygens (including phenoxy) is 2. The molecular weight excluding hydrogens is 601 g/mol. The molecule has 13 nitrogen and oxygen atoms in total. The van der Waals surface area contributed by atoms with Gasteiger partial charge in [0.2, 0.25) is 17.5 Å². The number of para-hydroxylation sites is 2. The molecule has 0 saturated heterocycles. The third-order valence-corrected chi connectivity index (χ3v) is 9.57. The lowest BCUT2D eigenvalue weighted by atomic mass is 10.2. The van der Waals surface area contributed by atoms with Gasteiger partial charge in [-0.25, -0.2) is 28.4 Å². The van der Waals surface area contributed by atoms with Crippen LogP contribution in [0, 0.1) is 0 Å². The fraction of sp³-hybridized carbons (Fsp3) is 0.231. The van der Waals surface area contributed by atoms with Crippen molar-refractivity contribution in [3.8, 4) is 28.9 Å². The van der Waals surface area contributed by atoms with Crippen molar-refractivity contribution in [1.29, 1.82) is 0 Å². The number of carbonyl (C=O) groups is 1. The van der Waals surface area contributed by atoms with Crippen molar-refractivity contribution in [2.45, 2.75) is 29.0 Å². The van der Waals surface area contributed by atoms with Gasteiger partial charge in [0.1, 0.15) is 9.24 Å². The lowest BCUT2D eigenvalue weighted by Gasteiger charge is -2.17. The number of benzene rings is 1. The third-order valence-electron chi connectivity index (χ3n) is 5.40. The molecule has 42 heavy (non-hydrogen) atoms. The summed E-state index contributed by atoms with van der Waals surface area (Å²) < 4.78 is 41.4. The smallest absolute Gasteiger partial charge is 0.272 e. The van der Waals surface area contributed by atoms with Crippen molar-refractivity contribution in [2.75, 3.05) is 24.6 Å². The number of thioether (sulfide) groups is 1. The molecule has 0 aliphatic rings. The van der Waals surface area contributed by atoms with Crippen molar-refractivity contribution >= 4 is 50.8 Å². The van der Waals surface area contributed by atoms with Crippen LogP contribution >= 0.6 is 23.1 Å². The van der Waals surface area contributed by atoms with E-state index in [1.54, 1.807) is 36.4 Å². The molecule has 0 unspecified atom stereocenters. The Bertz CT molecular complexity index is 1700. The number of thiophene rings is 1. The number of aliphatic imine (C=N–C) groups is 1. The Labute approximate surface area is 251 Å². The predicted molar refractivity (Wildman–Crippen MR) is 162 cm³/mol. The zero-order chi connectivity index (χ0) is 30.3. The lowest BCUT2D eigenvalue weighted by molar-refractivity contribution is -0.117. The summed E-state index contributed by atoms with van der Waals surface area (Å²) in [7, 11) is -1.21. The molecule has 1 amide bonds. The maximum atomic E-state index is 13.6. The molecule has 4 N–H and O–H groups in total. The van der Waals surface area contributed by atoms with E-state index in [4.69, 9.17) is 15.2 Å². The van der Waals surface area contributed by atoms with Gasteiger partial charge in [0.25, 0.3) is 10.0 Å². The van der Waals surface area contributed by atoms with Crippen LogP contribution in [0.15, 0.2) is 69.1 Å². The monoisotopic (exact) mass is 628 g/mol. The zero-order valence-corrected chi connectivity index (χ0v) is 25.5. The van der Waals surface area contributed by atoms with Crippen LogP contribution in [-0.2, 0) is 14.8 Å². The Balaban J connectivity index is 1.85. The lowest BCUT2D eigenvalue weighted by Crippen LogP contribution is -2.37. The zero-order valence-electron chi connectivity index (χ0n) is 23.1. The highest BCUT2D eigenvalue weighted by Gasteiger charge is 2.26. The Morgan fingerprint density at radius 2 is 1.79 bits per heavy atom. The van der Waals surface area contributed by atoms with Gasteiger partial charge in [-0.2, -0.15) is 0 Å². The second kappa shape index (κ2) is 13.6. The number of anilines is 1. The first-order valence-corrected chi connectivity index (χ1v) is 15.7. The number of carbonyl (C=O) groups excluding carboxylic acids is 1. The Morgan fingerprint density at radius 1 is 1.07 bits per heavy atom. The number of guanidine groups is 1. The van der Waals surface area contributed by atoms with E-state index in [2.05, 4.69) is 35.0 Å². The van der Waals surface area contributed by atoms with E-state index < -0.39 is 15.9 Å². The molecule has 16 heteroatoms. The van der Waals surface area contributed by atoms with Gasteiger partial charge in [0.15, 0.2) is 29.1 Å². The standard InChI is InChI=1S/C26H28N8O5S3/c1-15(2)18-10-11-20(41-18)42(36,37)34-22-21(39-17-9-6-5-8-16(17)38-4)25(40-14-19(35)31-26(27)28-3)33-24(32-22)23-29-12-7-13-30-23/h5-13,15H,14H2,1-4H3,(H,32,33,34)(H3,27,28,31,35). The number of nitrogens with zero attached hydrogens (tertiary/aromatic N) is 5. The molecule has 0 aliphatic carbocycles. The second-order valence-electron chi connectivity index (χ2n) is 8.72. The minimum atomic E-state index is -4.12. The fourth-order valence-corrected chi connectivity index (χ4v) is 6.45. The highest BCUT2D eigenvalue weighted by Crippen LogP contribution is 2.42. The fourth-order valence-electron chi connectivity index (χ4n) is 3.35. The Kier molecular flexibility index (Phi) is 9.92. The van der Waals surface area contributed by atoms with Crippen LogP contribution in [0.3, 0.4) is 0 Å². The molecular formula is C26H28N8O5S3. The molecule has 4 rings (SSSR count). The number of rotatable bonds is 11. The van der Waals surface area contributed by atoms with E-state index in [-0.39, 0.29) is 55.8 Å². The summed E-state index contributed by atoms with van der Waals surface area (Å²) in [4.78, 5) is 34.6. The van der Waals surface area contributed by atoms with E-state index in [1.165, 1.54) is 32.6 Å². The van der Waals surface area contributed by atoms with Gasteiger partial charge in [-0.05, 0) is 36.2 Å². The van der Waals surface area contributed by atoms with Crippen molar-refractivity contribution in [3.05, 3.63) is 59.7 Å². The number of amides is 1. The van der Waals surface area contributed by atoms with E-state index in [9.17, 15) is 13.2 Å². The molecule has 3 aromatic heterocycles. The minimum Gasteiger partial charge on any atom is -0.493 e. The van der Waals surface area contributed by atoms with Gasteiger partial charge in [0.05, 0.1) is 12.9 Å². The van der Waals surface area contributed by atoms with Gasteiger partial charge in [-0.3, -0.25) is 19.8 Å². The van der Waals surface area contributed by atoms with Crippen LogP contribution in [0.5, 0.6) is 17.2 Å². The normalized spacial score (nSPS) is 11.8. The molecule has 0 fully saturated rings. The molecule has 0 radical (unpaired) electrons. The van der Waals surface area contributed by atoms with E-state index >= 15 is 0 Å². The first-order valence-electron chi connectivity index (χ1n) is 12.4. The van der Waals surface area contributed by atoms with E-state index in [1.807, 2.05) is 13.8 Å². The third kappa shape index (κ3) is 7.51. The van der Waals surface area contributed by atoms with Crippen LogP contribution in [0.1, 0.15) is 24.6 Å². The average molecular weight is 629 g/mol. The number of hydrogen-bond donors (Lipinski definition) is 3. The summed E-state index contributed by atoms with van der Waals surface area (Å²) in [5.74, 6) is -0.0112. The molecule has 4 aromatic rings. The topological polar surface area (TPSA) is 184 Å². The van der Waals surface area contributed by atoms with Crippen molar-refractivity contribution in [3.63, 3.8) is 0 Å². The number of hydrogen-bond acceptors (Lipinski definition) is 12. The Morgan fingerprint density at radius 3 is 2.43 bits per heavy atom. The summed E-state index contributed by atoms with van der Waals surface area (Å²) >= 11 is 2.12. The number of aromatic nitrogens is 4. The maximum Gasteiger partial charge on any atom is 0.272 e. The molecule has 0 spiro atoms. The molecule has 3 heterocycles. The van der Waals surface area contributed by atoms with Gasteiger partial charge < -0.3 is 15.2 Å².